The summed E-state index contributed by atoms with van der Waals surface area (Å²) < 4.78 is 5.17. The first-order chi connectivity index (χ1) is 7.83. The monoisotopic (exact) mass is 238 g/mol. The first kappa shape index (κ1) is 11.2. The minimum Gasteiger partial charge on any atom is -0.339 e. The Morgan fingerprint density at radius 1 is 1.56 bits per heavy atom. The predicted molar refractivity (Wildman–Crippen MR) is 61.9 cm³/mol. The van der Waals surface area contributed by atoms with Crippen LogP contribution in [-0.2, 0) is 6.42 Å². The summed E-state index contributed by atoms with van der Waals surface area (Å²) in [6.07, 6.45) is 1.76. The molecule has 2 rings (SSSR count). The van der Waals surface area contributed by atoms with Crippen LogP contribution in [0, 0.1) is 5.92 Å². The molecule has 0 aliphatic rings. The fourth-order valence-electron chi connectivity index (χ4n) is 1.41. The first-order valence-corrected chi connectivity index (χ1v) is 6.19. The average molecular weight is 238 g/mol. The normalized spacial score (nSPS) is 12.9. The third-order valence-corrected chi connectivity index (χ3v) is 3.09. The van der Waals surface area contributed by atoms with Gasteiger partial charge in [0.2, 0.25) is 11.7 Å². The molecule has 2 aromatic rings. The average Bonchev–Trinajstić information content (AvgIpc) is 2.96. The molecule has 0 aromatic carbocycles. The van der Waals surface area contributed by atoms with Gasteiger partial charge >= 0.3 is 0 Å². The van der Waals surface area contributed by atoms with Gasteiger partial charge in [0, 0.05) is 11.8 Å². The number of nitrogens with two attached hydrogens (primary N) is 1. The molecule has 0 fully saturated rings. The zero-order valence-corrected chi connectivity index (χ0v) is 9.91. The second kappa shape index (κ2) is 5.18. The molecule has 2 heterocycles. The standard InChI is InChI=1S/C10H14N4OS/c1-2-7(4-11)3-9-13-10(14-15-9)8-5-16-6-12-8/h5-7H,2-4,11H2,1H3. The number of rotatable bonds is 5. The van der Waals surface area contributed by atoms with Gasteiger partial charge in [-0.05, 0) is 12.5 Å². The number of thiazole rings is 1. The molecular formula is C10H14N4OS. The Bertz CT molecular complexity index is 422. The summed E-state index contributed by atoms with van der Waals surface area (Å²) in [4.78, 5) is 8.43. The summed E-state index contributed by atoms with van der Waals surface area (Å²) in [6.45, 7) is 2.75. The maximum Gasteiger partial charge on any atom is 0.227 e. The molecule has 0 aliphatic carbocycles. The highest BCUT2D eigenvalue weighted by atomic mass is 32.1. The van der Waals surface area contributed by atoms with Crippen LogP contribution in [0.2, 0.25) is 0 Å². The van der Waals surface area contributed by atoms with Crippen LogP contribution in [0.4, 0.5) is 0 Å². The van der Waals surface area contributed by atoms with Crippen molar-refractivity contribution in [1.29, 1.82) is 0 Å². The molecule has 5 nitrogen and oxygen atoms in total. The highest BCUT2D eigenvalue weighted by molar-refractivity contribution is 7.07. The molecule has 0 radical (unpaired) electrons. The Labute approximate surface area is 97.7 Å². The fraction of sp³-hybridized carbons (Fsp3) is 0.500. The summed E-state index contributed by atoms with van der Waals surface area (Å²) in [6, 6.07) is 0. The van der Waals surface area contributed by atoms with E-state index in [0.29, 0.717) is 24.2 Å². The van der Waals surface area contributed by atoms with Crippen molar-refractivity contribution in [3.05, 3.63) is 16.8 Å². The number of aromatic nitrogens is 3. The molecule has 1 atom stereocenters. The van der Waals surface area contributed by atoms with E-state index in [1.807, 2.05) is 5.38 Å². The predicted octanol–water partition coefficient (Wildman–Crippen LogP) is 1.72. The van der Waals surface area contributed by atoms with E-state index in [2.05, 4.69) is 22.0 Å². The summed E-state index contributed by atoms with van der Waals surface area (Å²) in [5.74, 6) is 1.60. The van der Waals surface area contributed by atoms with Gasteiger partial charge in [0.25, 0.3) is 0 Å². The molecule has 16 heavy (non-hydrogen) atoms. The molecule has 0 aliphatic heterocycles. The molecule has 0 spiro atoms. The van der Waals surface area contributed by atoms with Gasteiger partial charge in [0.1, 0.15) is 5.69 Å². The Kier molecular flexibility index (Phi) is 3.63. The SMILES string of the molecule is CCC(CN)Cc1nc(-c2cscn2)no1. The summed E-state index contributed by atoms with van der Waals surface area (Å²) >= 11 is 1.51. The van der Waals surface area contributed by atoms with Crippen LogP contribution in [0.1, 0.15) is 19.2 Å². The van der Waals surface area contributed by atoms with Gasteiger partial charge in [-0.1, -0.05) is 18.5 Å². The second-order valence-electron chi connectivity index (χ2n) is 3.60. The van der Waals surface area contributed by atoms with Gasteiger partial charge < -0.3 is 10.3 Å². The third kappa shape index (κ3) is 2.45. The second-order valence-corrected chi connectivity index (χ2v) is 4.32. The van der Waals surface area contributed by atoms with Gasteiger partial charge in [0.15, 0.2) is 0 Å². The zero-order valence-electron chi connectivity index (χ0n) is 9.09. The van der Waals surface area contributed by atoms with Crippen LogP contribution < -0.4 is 5.73 Å². The van der Waals surface area contributed by atoms with E-state index in [1.54, 1.807) is 5.51 Å². The van der Waals surface area contributed by atoms with Gasteiger partial charge in [0.05, 0.1) is 5.51 Å². The van der Waals surface area contributed by atoms with Gasteiger partial charge in [-0.15, -0.1) is 11.3 Å². The topological polar surface area (TPSA) is 77.8 Å². The molecule has 0 saturated carbocycles. The van der Waals surface area contributed by atoms with E-state index in [1.165, 1.54) is 11.3 Å². The molecule has 2 aromatic heterocycles. The molecule has 0 saturated heterocycles. The number of hydrogen-bond acceptors (Lipinski definition) is 6. The largest absolute Gasteiger partial charge is 0.339 e. The smallest absolute Gasteiger partial charge is 0.227 e. The van der Waals surface area contributed by atoms with E-state index in [-0.39, 0.29) is 0 Å². The van der Waals surface area contributed by atoms with E-state index in [9.17, 15) is 0 Å². The summed E-state index contributed by atoms with van der Waals surface area (Å²) in [5, 5.41) is 5.80. The molecule has 86 valence electrons. The molecule has 6 heteroatoms. The lowest BCUT2D eigenvalue weighted by atomic mass is 10.0. The van der Waals surface area contributed by atoms with Crippen molar-refractivity contribution in [1.82, 2.24) is 15.1 Å². The van der Waals surface area contributed by atoms with Crippen molar-refractivity contribution in [2.75, 3.05) is 6.54 Å². The maximum atomic E-state index is 5.63. The van der Waals surface area contributed by atoms with Gasteiger partial charge in [-0.3, -0.25) is 0 Å². The van der Waals surface area contributed by atoms with Crippen molar-refractivity contribution in [2.24, 2.45) is 11.7 Å². The van der Waals surface area contributed by atoms with Crippen molar-refractivity contribution >= 4 is 11.3 Å². The lowest BCUT2D eigenvalue weighted by Crippen LogP contribution is -2.15. The van der Waals surface area contributed by atoms with E-state index < -0.39 is 0 Å². The molecule has 1 unspecified atom stereocenters. The Morgan fingerprint density at radius 3 is 3.06 bits per heavy atom. The summed E-state index contributed by atoms with van der Waals surface area (Å²) in [7, 11) is 0. The minimum absolute atomic E-state index is 0.406. The maximum absolute atomic E-state index is 5.63. The van der Waals surface area contributed by atoms with Crippen LogP contribution in [0.5, 0.6) is 0 Å². The summed E-state index contributed by atoms with van der Waals surface area (Å²) in [5.41, 5.74) is 8.15. The van der Waals surface area contributed by atoms with Crippen molar-refractivity contribution < 1.29 is 4.52 Å². The van der Waals surface area contributed by atoms with Crippen LogP contribution >= 0.6 is 11.3 Å². The third-order valence-electron chi connectivity index (χ3n) is 2.50. The zero-order chi connectivity index (χ0) is 11.4. The molecule has 2 N–H and O–H groups in total. The quantitative estimate of drug-likeness (QED) is 0.858. The van der Waals surface area contributed by atoms with Crippen molar-refractivity contribution in [3.63, 3.8) is 0 Å². The van der Waals surface area contributed by atoms with Crippen LogP contribution in [0.25, 0.3) is 11.5 Å². The molecule has 0 amide bonds. The van der Waals surface area contributed by atoms with E-state index in [4.69, 9.17) is 10.3 Å². The lowest BCUT2D eigenvalue weighted by Gasteiger charge is -2.07. The van der Waals surface area contributed by atoms with Crippen LogP contribution in [0.15, 0.2) is 15.4 Å². The molecular weight excluding hydrogens is 224 g/mol. The molecule has 0 bridgehead atoms. The van der Waals surface area contributed by atoms with Gasteiger partial charge in [-0.25, -0.2) is 4.98 Å². The number of nitrogens with zero attached hydrogens (tertiary/aromatic N) is 3. The van der Waals surface area contributed by atoms with E-state index in [0.717, 1.165) is 18.5 Å². The van der Waals surface area contributed by atoms with Crippen LogP contribution in [0.3, 0.4) is 0 Å². The Balaban J connectivity index is 2.08. The van der Waals surface area contributed by atoms with E-state index >= 15 is 0 Å². The fourth-order valence-corrected chi connectivity index (χ4v) is 1.94. The van der Waals surface area contributed by atoms with Crippen LogP contribution in [-0.4, -0.2) is 21.7 Å². The Hall–Kier alpha value is -1.27. The van der Waals surface area contributed by atoms with Gasteiger partial charge in [-0.2, -0.15) is 4.98 Å². The lowest BCUT2D eigenvalue weighted by molar-refractivity contribution is 0.350. The Morgan fingerprint density at radius 2 is 2.44 bits per heavy atom. The van der Waals surface area contributed by atoms with Crippen molar-refractivity contribution in [2.45, 2.75) is 19.8 Å². The first-order valence-electron chi connectivity index (χ1n) is 5.24. The van der Waals surface area contributed by atoms with Crippen molar-refractivity contribution in [3.8, 4) is 11.5 Å². The highest BCUT2D eigenvalue weighted by Crippen LogP contribution is 2.17. The highest BCUT2D eigenvalue weighted by Gasteiger charge is 2.13. The minimum atomic E-state index is 0.406. The number of hydrogen-bond donors (Lipinski definition) is 1.